The van der Waals surface area contributed by atoms with E-state index in [1.54, 1.807) is 0 Å². The van der Waals surface area contributed by atoms with E-state index in [0.29, 0.717) is 0 Å². The van der Waals surface area contributed by atoms with E-state index >= 15 is 0 Å². The van der Waals surface area contributed by atoms with Gasteiger partial charge in [0.15, 0.2) is 0 Å². The summed E-state index contributed by atoms with van der Waals surface area (Å²) in [5.74, 6) is -0.241. The van der Waals surface area contributed by atoms with Crippen molar-refractivity contribution < 1.29 is 9.59 Å². The van der Waals surface area contributed by atoms with Gasteiger partial charge in [0.1, 0.15) is 0 Å². The van der Waals surface area contributed by atoms with Crippen LogP contribution in [0.25, 0.3) is 0 Å². The van der Waals surface area contributed by atoms with Crippen molar-refractivity contribution in [2.24, 2.45) is 11.0 Å². The number of hydrogen-bond donors (Lipinski definition) is 2. The maximum absolute atomic E-state index is 12.0. The molecule has 0 unspecified atom stereocenters. The molecule has 1 aliphatic carbocycles. The van der Waals surface area contributed by atoms with Gasteiger partial charge in [0.05, 0.1) is 12.3 Å². The second kappa shape index (κ2) is 9.08. The van der Waals surface area contributed by atoms with Crippen LogP contribution in [0.1, 0.15) is 51.0 Å². The summed E-state index contributed by atoms with van der Waals surface area (Å²) in [7, 11) is 0. The van der Waals surface area contributed by atoms with E-state index in [4.69, 9.17) is 0 Å². The van der Waals surface area contributed by atoms with Crippen molar-refractivity contribution in [1.82, 2.24) is 10.7 Å². The van der Waals surface area contributed by atoms with Gasteiger partial charge in [-0.05, 0) is 24.8 Å². The summed E-state index contributed by atoms with van der Waals surface area (Å²) in [5.41, 5.74) is 4.33. The first-order chi connectivity index (χ1) is 11.2. The van der Waals surface area contributed by atoms with Gasteiger partial charge in [0, 0.05) is 5.92 Å². The quantitative estimate of drug-likeness (QED) is 0.626. The molecule has 2 N–H and O–H groups in total. The van der Waals surface area contributed by atoms with Gasteiger partial charge in [-0.2, -0.15) is 5.10 Å². The molecule has 0 aromatic heterocycles. The Morgan fingerprint density at radius 1 is 1.13 bits per heavy atom. The van der Waals surface area contributed by atoms with E-state index in [9.17, 15) is 9.59 Å². The second-order valence-corrected chi connectivity index (χ2v) is 5.87. The number of rotatable bonds is 6. The van der Waals surface area contributed by atoms with Crippen LogP contribution in [0.5, 0.6) is 0 Å². The minimum absolute atomic E-state index is 0.0115. The highest BCUT2D eigenvalue weighted by molar-refractivity contribution is 6.01. The van der Waals surface area contributed by atoms with Crippen molar-refractivity contribution >= 4 is 17.5 Å². The zero-order valence-electron chi connectivity index (χ0n) is 13.7. The monoisotopic (exact) mass is 315 g/mol. The van der Waals surface area contributed by atoms with Gasteiger partial charge in [-0.1, -0.05) is 56.5 Å². The van der Waals surface area contributed by atoms with E-state index < -0.39 is 0 Å². The third-order valence-electron chi connectivity index (χ3n) is 4.16. The van der Waals surface area contributed by atoms with Gasteiger partial charge in [-0.3, -0.25) is 9.59 Å². The van der Waals surface area contributed by atoms with Gasteiger partial charge < -0.3 is 5.32 Å². The van der Waals surface area contributed by atoms with Gasteiger partial charge in [0.25, 0.3) is 5.91 Å². The highest BCUT2D eigenvalue weighted by atomic mass is 16.2. The third-order valence-corrected chi connectivity index (χ3v) is 4.16. The second-order valence-electron chi connectivity index (χ2n) is 5.87. The fourth-order valence-corrected chi connectivity index (χ4v) is 2.82. The molecule has 5 nitrogen and oxygen atoms in total. The first kappa shape index (κ1) is 17.2. The Balaban J connectivity index is 1.79. The molecule has 0 bridgehead atoms. The van der Waals surface area contributed by atoms with Crippen LogP contribution in [0.15, 0.2) is 35.4 Å². The Kier molecular flexibility index (Phi) is 6.78. The molecular formula is C18H25N3O2. The van der Waals surface area contributed by atoms with Crippen molar-refractivity contribution in [3.63, 3.8) is 0 Å². The zero-order valence-corrected chi connectivity index (χ0v) is 13.7. The van der Waals surface area contributed by atoms with Crippen molar-refractivity contribution in [1.29, 1.82) is 0 Å². The van der Waals surface area contributed by atoms with E-state index in [0.717, 1.165) is 43.4 Å². The highest BCUT2D eigenvalue weighted by Crippen LogP contribution is 2.23. The summed E-state index contributed by atoms with van der Waals surface area (Å²) in [4.78, 5) is 23.8. The summed E-state index contributed by atoms with van der Waals surface area (Å²) < 4.78 is 0. The van der Waals surface area contributed by atoms with E-state index in [-0.39, 0.29) is 24.3 Å². The maximum atomic E-state index is 12.0. The fraction of sp³-hybridized carbons (Fsp3) is 0.500. The van der Waals surface area contributed by atoms with Crippen molar-refractivity contribution in [3.05, 3.63) is 35.9 Å². The van der Waals surface area contributed by atoms with Crippen molar-refractivity contribution in [3.8, 4) is 0 Å². The molecule has 5 heteroatoms. The molecule has 1 fully saturated rings. The summed E-state index contributed by atoms with van der Waals surface area (Å²) in [5, 5.41) is 6.88. The van der Waals surface area contributed by atoms with Crippen LogP contribution >= 0.6 is 0 Å². The lowest BCUT2D eigenvalue weighted by Gasteiger charge is -2.20. The highest BCUT2D eigenvalue weighted by Gasteiger charge is 2.21. The van der Waals surface area contributed by atoms with Crippen LogP contribution in [0.3, 0.4) is 0 Å². The third kappa shape index (κ3) is 5.51. The number of carbonyl (C=O) groups excluding carboxylic acids is 2. The van der Waals surface area contributed by atoms with Crippen LogP contribution in [0, 0.1) is 5.92 Å². The molecule has 1 saturated carbocycles. The largest absolute Gasteiger partial charge is 0.347 e. The molecule has 1 aliphatic rings. The molecule has 0 atom stereocenters. The normalized spacial score (nSPS) is 16.0. The number of amides is 2. The fourth-order valence-electron chi connectivity index (χ4n) is 2.82. The number of hydrogen-bond acceptors (Lipinski definition) is 3. The Hall–Kier alpha value is -2.17. The lowest BCUT2D eigenvalue weighted by Crippen LogP contribution is -2.39. The standard InChI is InChI=1S/C18H25N3O2/c1-2-16(14-9-5-3-6-10-14)20-21-17(22)13-19-18(23)15-11-7-4-8-12-15/h3,5-6,9-10,15H,2,4,7-8,11-13H2,1H3,(H,19,23)(H,21,22)/b20-16+. The molecular weight excluding hydrogens is 290 g/mol. The average molecular weight is 315 g/mol. The van der Waals surface area contributed by atoms with Crippen molar-refractivity contribution in [2.75, 3.05) is 6.54 Å². The number of nitrogens with zero attached hydrogens (tertiary/aromatic N) is 1. The SMILES string of the molecule is CC/C(=N\NC(=O)CNC(=O)C1CCCCC1)c1ccccc1. The van der Waals surface area contributed by atoms with E-state index in [1.165, 1.54) is 6.42 Å². The Bertz CT molecular complexity index is 549. The Morgan fingerprint density at radius 2 is 1.83 bits per heavy atom. The number of hydrazone groups is 1. The summed E-state index contributed by atoms with van der Waals surface area (Å²) in [6.07, 6.45) is 5.99. The van der Waals surface area contributed by atoms with Gasteiger partial charge in [0.2, 0.25) is 5.91 Å². The first-order valence-corrected chi connectivity index (χ1v) is 8.39. The van der Waals surface area contributed by atoms with Crippen LogP contribution in [-0.4, -0.2) is 24.1 Å². The number of nitrogens with one attached hydrogen (secondary N) is 2. The minimum atomic E-state index is -0.295. The van der Waals surface area contributed by atoms with Crippen LogP contribution < -0.4 is 10.7 Å². The predicted octanol–water partition coefficient (Wildman–Crippen LogP) is 2.61. The number of benzene rings is 1. The van der Waals surface area contributed by atoms with Gasteiger partial charge >= 0.3 is 0 Å². The summed E-state index contributed by atoms with van der Waals surface area (Å²) >= 11 is 0. The predicted molar refractivity (Wildman–Crippen MR) is 91.0 cm³/mol. The average Bonchev–Trinajstić information content (AvgIpc) is 2.62. The molecule has 124 valence electrons. The summed E-state index contributed by atoms with van der Waals surface area (Å²) in [6, 6.07) is 9.73. The summed E-state index contributed by atoms with van der Waals surface area (Å²) in [6.45, 7) is 1.97. The van der Waals surface area contributed by atoms with Crippen LogP contribution in [0.4, 0.5) is 0 Å². The minimum Gasteiger partial charge on any atom is -0.347 e. The van der Waals surface area contributed by atoms with Crippen molar-refractivity contribution in [2.45, 2.75) is 45.4 Å². The van der Waals surface area contributed by atoms with Gasteiger partial charge in [-0.15, -0.1) is 0 Å². The molecule has 1 aromatic carbocycles. The topological polar surface area (TPSA) is 70.6 Å². The molecule has 0 spiro atoms. The molecule has 23 heavy (non-hydrogen) atoms. The molecule has 2 amide bonds. The van der Waals surface area contributed by atoms with Crippen LogP contribution in [-0.2, 0) is 9.59 Å². The van der Waals surface area contributed by atoms with E-state index in [2.05, 4.69) is 15.8 Å². The molecule has 0 aliphatic heterocycles. The van der Waals surface area contributed by atoms with E-state index in [1.807, 2.05) is 37.3 Å². The number of carbonyl (C=O) groups is 2. The maximum Gasteiger partial charge on any atom is 0.259 e. The molecule has 0 radical (unpaired) electrons. The van der Waals surface area contributed by atoms with Gasteiger partial charge in [-0.25, -0.2) is 5.43 Å². The zero-order chi connectivity index (χ0) is 16.5. The lowest BCUT2D eigenvalue weighted by molar-refractivity contribution is -0.129. The lowest BCUT2D eigenvalue weighted by atomic mass is 9.89. The molecule has 0 heterocycles. The Labute approximate surface area is 137 Å². The molecule has 1 aromatic rings. The first-order valence-electron chi connectivity index (χ1n) is 8.39. The smallest absolute Gasteiger partial charge is 0.259 e. The van der Waals surface area contributed by atoms with Crippen LogP contribution in [0.2, 0.25) is 0 Å². The Morgan fingerprint density at radius 3 is 2.48 bits per heavy atom. The molecule has 0 saturated heterocycles. The molecule has 2 rings (SSSR count).